The van der Waals surface area contributed by atoms with Gasteiger partial charge >= 0.3 is 0 Å². The maximum Gasteiger partial charge on any atom is 0.299 e. The van der Waals surface area contributed by atoms with E-state index in [1.807, 2.05) is 6.92 Å². The molecule has 2 rings (SSSR count). The van der Waals surface area contributed by atoms with Gasteiger partial charge in [-0.3, -0.25) is 9.59 Å². The van der Waals surface area contributed by atoms with Crippen LogP contribution < -0.4 is 4.90 Å². The van der Waals surface area contributed by atoms with Crippen LogP contribution in [0.5, 0.6) is 0 Å². The van der Waals surface area contributed by atoms with Gasteiger partial charge in [-0.05, 0) is 24.1 Å². The summed E-state index contributed by atoms with van der Waals surface area (Å²) < 4.78 is 13.0. The van der Waals surface area contributed by atoms with E-state index in [0.717, 1.165) is 11.4 Å². The molecule has 17 heavy (non-hydrogen) atoms. The first-order valence-corrected chi connectivity index (χ1v) is 6.38. The van der Waals surface area contributed by atoms with Gasteiger partial charge in [0.1, 0.15) is 5.82 Å². The Balaban J connectivity index is 2.38. The average Bonchev–Trinajstić information content (AvgIpc) is 2.54. The van der Waals surface area contributed by atoms with E-state index in [0.29, 0.717) is 12.2 Å². The van der Waals surface area contributed by atoms with Crippen LogP contribution in [0.25, 0.3) is 0 Å². The minimum atomic E-state index is -0.624. The van der Waals surface area contributed by atoms with Gasteiger partial charge in [-0.15, -0.1) is 0 Å². The molecule has 5 heteroatoms. The molecule has 0 saturated carbocycles. The summed E-state index contributed by atoms with van der Waals surface area (Å²) >= 11 is 3.33. The fourth-order valence-corrected chi connectivity index (χ4v) is 2.02. The standard InChI is InChI=1S/C12H11BrFNO2/c1-7(5-13)6-15-10-3-2-8(14)4-9(10)11(16)12(15)17/h2-4,7H,5-6H2,1H3. The molecule has 0 aromatic heterocycles. The van der Waals surface area contributed by atoms with Gasteiger partial charge in [-0.25, -0.2) is 4.39 Å². The zero-order chi connectivity index (χ0) is 12.6. The van der Waals surface area contributed by atoms with Gasteiger partial charge in [-0.1, -0.05) is 22.9 Å². The van der Waals surface area contributed by atoms with Crippen LogP contribution in [0.2, 0.25) is 0 Å². The summed E-state index contributed by atoms with van der Waals surface area (Å²) in [6.45, 7) is 2.42. The number of carbonyl (C=O) groups is 2. The molecule has 1 aromatic rings. The molecule has 1 aliphatic rings. The maximum atomic E-state index is 13.0. The minimum Gasteiger partial charge on any atom is -0.304 e. The van der Waals surface area contributed by atoms with Gasteiger partial charge in [0, 0.05) is 11.9 Å². The van der Waals surface area contributed by atoms with Crippen molar-refractivity contribution in [3.8, 4) is 0 Å². The van der Waals surface area contributed by atoms with E-state index in [2.05, 4.69) is 15.9 Å². The third-order valence-corrected chi connectivity index (χ3v) is 3.80. The number of amides is 1. The molecular formula is C12H11BrFNO2. The lowest BCUT2D eigenvalue weighted by atomic mass is 10.1. The second-order valence-corrected chi connectivity index (χ2v) is 4.81. The number of nitrogens with zero attached hydrogens (tertiary/aromatic N) is 1. The molecule has 1 aliphatic heterocycles. The van der Waals surface area contributed by atoms with Gasteiger partial charge in [0.25, 0.3) is 11.7 Å². The Bertz CT molecular complexity index is 489. The molecule has 1 unspecified atom stereocenters. The highest BCUT2D eigenvalue weighted by molar-refractivity contribution is 9.09. The van der Waals surface area contributed by atoms with E-state index >= 15 is 0 Å². The predicted molar refractivity (Wildman–Crippen MR) is 66.0 cm³/mol. The molecule has 1 amide bonds. The van der Waals surface area contributed by atoms with Crippen molar-refractivity contribution >= 4 is 33.3 Å². The summed E-state index contributed by atoms with van der Waals surface area (Å²) in [6, 6.07) is 3.86. The lowest BCUT2D eigenvalue weighted by molar-refractivity contribution is -0.114. The molecule has 0 fully saturated rings. The smallest absolute Gasteiger partial charge is 0.299 e. The molecule has 0 aliphatic carbocycles. The minimum absolute atomic E-state index is 0.164. The van der Waals surface area contributed by atoms with Crippen molar-refractivity contribution in [2.75, 3.05) is 16.8 Å². The van der Waals surface area contributed by atoms with Gasteiger partial charge in [-0.2, -0.15) is 0 Å². The Morgan fingerprint density at radius 3 is 2.76 bits per heavy atom. The normalized spacial score (nSPS) is 16.3. The van der Waals surface area contributed by atoms with Crippen molar-refractivity contribution in [2.45, 2.75) is 6.92 Å². The number of carbonyl (C=O) groups excluding carboxylic acids is 2. The lowest BCUT2D eigenvalue weighted by Crippen LogP contribution is -2.34. The maximum absolute atomic E-state index is 13.0. The second kappa shape index (κ2) is 4.56. The van der Waals surface area contributed by atoms with Crippen molar-refractivity contribution in [2.24, 2.45) is 5.92 Å². The average molecular weight is 300 g/mol. The Morgan fingerprint density at radius 2 is 2.12 bits per heavy atom. The number of fused-ring (bicyclic) bond motifs is 1. The molecule has 1 heterocycles. The van der Waals surface area contributed by atoms with Crippen LogP contribution in [0.15, 0.2) is 18.2 Å². The van der Waals surface area contributed by atoms with Crippen LogP contribution in [0.1, 0.15) is 17.3 Å². The van der Waals surface area contributed by atoms with Crippen LogP contribution in [0.3, 0.4) is 0 Å². The zero-order valence-corrected chi connectivity index (χ0v) is 10.8. The molecular weight excluding hydrogens is 289 g/mol. The summed E-state index contributed by atoms with van der Waals surface area (Å²) in [4.78, 5) is 24.8. The highest BCUT2D eigenvalue weighted by atomic mass is 79.9. The monoisotopic (exact) mass is 299 g/mol. The number of hydrogen-bond acceptors (Lipinski definition) is 2. The molecule has 90 valence electrons. The molecule has 1 aromatic carbocycles. The molecule has 0 radical (unpaired) electrons. The summed E-state index contributed by atoms with van der Waals surface area (Å²) in [7, 11) is 0. The van der Waals surface area contributed by atoms with Crippen LogP contribution in [0, 0.1) is 11.7 Å². The molecule has 3 nitrogen and oxygen atoms in total. The van der Waals surface area contributed by atoms with Crippen molar-refractivity contribution < 1.29 is 14.0 Å². The third-order valence-electron chi connectivity index (χ3n) is 2.69. The Morgan fingerprint density at radius 1 is 1.41 bits per heavy atom. The fourth-order valence-electron chi connectivity index (χ4n) is 1.81. The second-order valence-electron chi connectivity index (χ2n) is 4.17. The van der Waals surface area contributed by atoms with E-state index in [-0.39, 0.29) is 11.5 Å². The Hall–Kier alpha value is -1.23. The summed E-state index contributed by atoms with van der Waals surface area (Å²) in [5.74, 6) is -1.47. The van der Waals surface area contributed by atoms with Gasteiger partial charge in [0.15, 0.2) is 0 Å². The van der Waals surface area contributed by atoms with Crippen molar-refractivity contribution in [3.05, 3.63) is 29.6 Å². The zero-order valence-electron chi connectivity index (χ0n) is 9.24. The van der Waals surface area contributed by atoms with E-state index in [4.69, 9.17) is 0 Å². The van der Waals surface area contributed by atoms with Crippen LogP contribution in [0.4, 0.5) is 10.1 Å². The van der Waals surface area contributed by atoms with Crippen LogP contribution >= 0.6 is 15.9 Å². The molecule has 0 saturated heterocycles. The Kier molecular flexibility index (Phi) is 3.28. The van der Waals surface area contributed by atoms with Crippen LogP contribution in [-0.2, 0) is 4.79 Å². The number of alkyl halides is 1. The quantitative estimate of drug-likeness (QED) is 0.635. The summed E-state index contributed by atoms with van der Waals surface area (Å²) in [5.41, 5.74) is 0.672. The number of Topliss-reactive ketones (excluding diaryl/α,β-unsaturated/α-hetero) is 1. The largest absolute Gasteiger partial charge is 0.304 e. The highest BCUT2D eigenvalue weighted by Crippen LogP contribution is 2.30. The van der Waals surface area contributed by atoms with Gasteiger partial charge < -0.3 is 4.90 Å². The molecule has 0 spiro atoms. The van der Waals surface area contributed by atoms with Crippen molar-refractivity contribution in [1.29, 1.82) is 0 Å². The number of halogens is 2. The van der Waals surface area contributed by atoms with Crippen LogP contribution in [-0.4, -0.2) is 23.6 Å². The SMILES string of the molecule is CC(CBr)CN1C(=O)C(=O)c2cc(F)ccc21. The van der Waals surface area contributed by atoms with E-state index in [1.54, 1.807) is 0 Å². The van der Waals surface area contributed by atoms with E-state index in [1.165, 1.54) is 17.0 Å². The van der Waals surface area contributed by atoms with Crippen molar-refractivity contribution in [3.63, 3.8) is 0 Å². The van der Waals surface area contributed by atoms with Gasteiger partial charge in [0.05, 0.1) is 11.3 Å². The third kappa shape index (κ3) is 2.11. The number of benzene rings is 1. The lowest BCUT2D eigenvalue weighted by Gasteiger charge is -2.19. The van der Waals surface area contributed by atoms with Gasteiger partial charge in [0.2, 0.25) is 0 Å². The number of anilines is 1. The number of ketones is 1. The molecule has 0 bridgehead atoms. The molecule has 1 atom stereocenters. The first-order valence-electron chi connectivity index (χ1n) is 5.26. The summed E-state index contributed by atoms with van der Waals surface area (Å²) in [6.07, 6.45) is 0. The highest BCUT2D eigenvalue weighted by Gasteiger charge is 2.36. The number of rotatable bonds is 3. The number of hydrogen-bond donors (Lipinski definition) is 0. The van der Waals surface area contributed by atoms with Crippen molar-refractivity contribution in [1.82, 2.24) is 0 Å². The fraction of sp³-hybridized carbons (Fsp3) is 0.333. The summed E-state index contributed by atoms with van der Waals surface area (Å²) in [5, 5.41) is 0.738. The predicted octanol–water partition coefficient (Wildman–Crippen LogP) is 2.39. The molecule has 0 N–H and O–H groups in total. The first kappa shape index (κ1) is 12.2. The van der Waals surface area contributed by atoms with E-state index < -0.39 is 17.5 Å². The topological polar surface area (TPSA) is 37.4 Å². The van der Waals surface area contributed by atoms with E-state index in [9.17, 15) is 14.0 Å². The Labute approximate surface area is 107 Å². The first-order chi connectivity index (χ1) is 8.04.